The molecule has 1 aliphatic heterocycles. The first-order valence-electron chi connectivity index (χ1n) is 5.74. The molecule has 8 heteroatoms. The quantitative estimate of drug-likeness (QED) is 0.893. The number of nitrogens with zero attached hydrogens (tertiary/aromatic N) is 2. The molecule has 104 valence electrons. The molecule has 0 aliphatic carbocycles. The van der Waals surface area contributed by atoms with Gasteiger partial charge in [-0.3, -0.25) is 4.79 Å². The zero-order chi connectivity index (χ0) is 14.0. The third-order valence-electron chi connectivity index (χ3n) is 3.49. The van der Waals surface area contributed by atoms with Crippen LogP contribution in [0.2, 0.25) is 4.47 Å². The number of aliphatic carboxylic acids is 1. The summed E-state index contributed by atoms with van der Waals surface area (Å²) in [5, 5.41) is 20.1. The third-order valence-corrected chi connectivity index (χ3v) is 4.52. The van der Waals surface area contributed by atoms with Gasteiger partial charge in [0.1, 0.15) is 0 Å². The van der Waals surface area contributed by atoms with Crippen molar-refractivity contribution in [1.29, 1.82) is 0 Å². The Balaban J connectivity index is 2.12. The molecule has 0 unspecified atom stereocenters. The van der Waals surface area contributed by atoms with Crippen molar-refractivity contribution < 1.29 is 19.8 Å². The van der Waals surface area contributed by atoms with Crippen LogP contribution in [0.25, 0.3) is 0 Å². The fraction of sp³-hybridized carbons (Fsp3) is 0.545. The summed E-state index contributed by atoms with van der Waals surface area (Å²) in [7, 11) is 0. The highest BCUT2D eigenvalue weighted by Gasteiger charge is 2.43. The zero-order valence-corrected chi connectivity index (χ0v) is 11.6. The van der Waals surface area contributed by atoms with Gasteiger partial charge in [-0.15, -0.1) is 11.3 Å². The predicted octanol–water partition coefficient (Wildman–Crippen LogP) is 2.18. The molecule has 1 fully saturated rings. The summed E-state index contributed by atoms with van der Waals surface area (Å²) in [5.74, 6) is -0.901. The first-order valence-corrected chi connectivity index (χ1v) is 7.00. The van der Waals surface area contributed by atoms with Gasteiger partial charge in [0.15, 0.2) is 4.47 Å². The summed E-state index contributed by atoms with van der Waals surface area (Å²) in [6.07, 6.45) is -0.122. The second kappa shape index (κ2) is 5.34. The molecule has 1 aliphatic rings. The monoisotopic (exact) mass is 304 g/mol. The van der Waals surface area contributed by atoms with Crippen molar-refractivity contribution in [2.75, 3.05) is 13.1 Å². The van der Waals surface area contributed by atoms with E-state index in [-0.39, 0.29) is 13.1 Å². The Morgan fingerprint density at radius 2 is 2.05 bits per heavy atom. The molecule has 19 heavy (non-hydrogen) atoms. The Hall–Kier alpha value is -1.34. The summed E-state index contributed by atoms with van der Waals surface area (Å²) in [6.45, 7) is 0.471. The topological polar surface area (TPSA) is 90.7 Å². The van der Waals surface area contributed by atoms with Gasteiger partial charge >= 0.3 is 12.1 Å². The maximum atomic E-state index is 11.5. The van der Waals surface area contributed by atoms with E-state index in [1.165, 1.54) is 16.2 Å². The Bertz CT molecular complexity index is 497. The highest BCUT2D eigenvalue weighted by molar-refractivity contribution is 7.13. The number of hydrogen-bond donors (Lipinski definition) is 2. The lowest BCUT2D eigenvalue weighted by molar-refractivity contribution is -0.151. The summed E-state index contributed by atoms with van der Waals surface area (Å²) >= 11 is 7.01. The van der Waals surface area contributed by atoms with Crippen LogP contribution in [0.4, 0.5) is 4.79 Å². The van der Waals surface area contributed by atoms with Crippen LogP contribution in [0, 0.1) is 5.41 Å². The molecule has 2 heterocycles. The Morgan fingerprint density at radius 1 is 1.42 bits per heavy atom. The fourth-order valence-corrected chi connectivity index (χ4v) is 3.08. The van der Waals surface area contributed by atoms with Crippen LogP contribution in [-0.2, 0) is 11.2 Å². The van der Waals surface area contributed by atoms with E-state index in [0.29, 0.717) is 29.4 Å². The van der Waals surface area contributed by atoms with E-state index in [1.807, 2.05) is 0 Å². The predicted molar refractivity (Wildman–Crippen MR) is 69.7 cm³/mol. The minimum absolute atomic E-state index is 0.236. The van der Waals surface area contributed by atoms with Crippen LogP contribution in [0.15, 0.2) is 5.38 Å². The van der Waals surface area contributed by atoms with Crippen LogP contribution < -0.4 is 0 Å². The van der Waals surface area contributed by atoms with Crippen LogP contribution in [0.1, 0.15) is 18.5 Å². The van der Waals surface area contributed by atoms with Gasteiger partial charge in [-0.1, -0.05) is 11.6 Å². The largest absolute Gasteiger partial charge is 0.481 e. The first kappa shape index (κ1) is 14.1. The molecule has 2 rings (SSSR count). The molecular formula is C11H13ClN2O4S. The fourth-order valence-electron chi connectivity index (χ4n) is 2.30. The lowest BCUT2D eigenvalue weighted by atomic mass is 9.75. The first-order chi connectivity index (χ1) is 8.93. The van der Waals surface area contributed by atoms with E-state index in [0.717, 1.165) is 0 Å². The van der Waals surface area contributed by atoms with Crippen molar-refractivity contribution in [2.45, 2.75) is 19.3 Å². The molecule has 1 aromatic rings. The van der Waals surface area contributed by atoms with Gasteiger partial charge in [-0.25, -0.2) is 9.78 Å². The molecule has 2 N–H and O–H groups in total. The standard InChI is InChI=1S/C11H13ClN2O4S/c12-9-13-7(6-19-9)5-11(8(15)16)1-3-14(4-2-11)10(17)18/h6H,1-5H2,(H,15,16)(H,17,18). The van der Waals surface area contributed by atoms with Crippen LogP contribution >= 0.6 is 22.9 Å². The van der Waals surface area contributed by atoms with Gasteiger partial charge in [0.25, 0.3) is 0 Å². The number of thiazole rings is 1. The SMILES string of the molecule is O=C(O)N1CCC(Cc2csc(Cl)n2)(C(=O)O)CC1. The van der Waals surface area contributed by atoms with Crippen molar-refractivity contribution >= 4 is 35.0 Å². The van der Waals surface area contributed by atoms with Crippen molar-refractivity contribution in [1.82, 2.24) is 9.88 Å². The maximum absolute atomic E-state index is 11.5. The van der Waals surface area contributed by atoms with Crippen LogP contribution in [0.3, 0.4) is 0 Å². The molecule has 0 aromatic carbocycles. The summed E-state index contributed by atoms with van der Waals surface area (Å²) in [4.78, 5) is 27.7. The van der Waals surface area contributed by atoms with E-state index >= 15 is 0 Å². The second-order valence-corrected chi connectivity index (χ2v) is 6.06. The van der Waals surface area contributed by atoms with Crippen molar-refractivity contribution in [3.63, 3.8) is 0 Å². The van der Waals surface area contributed by atoms with E-state index in [2.05, 4.69) is 4.98 Å². The number of hydrogen-bond acceptors (Lipinski definition) is 4. The number of rotatable bonds is 3. The van der Waals surface area contributed by atoms with Crippen molar-refractivity contribution in [3.8, 4) is 0 Å². The number of piperidine rings is 1. The van der Waals surface area contributed by atoms with Crippen molar-refractivity contribution in [2.24, 2.45) is 5.41 Å². The van der Waals surface area contributed by atoms with E-state index in [9.17, 15) is 14.7 Å². The number of aromatic nitrogens is 1. The van der Waals surface area contributed by atoms with Gasteiger partial charge in [0, 0.05) is 24.9 Å². The highest BCUT2D eigenvalue weighted by atomic mass is 35.5. The molecule has 0 saturated carbocycles. The molecule has 0 radical (unpaired) electrons. The number of carbonyl (C=O) groups is 2. The normalized spacial score (nSPS) is 18.3. The van der Waals surface area contributed by atoms with Crippen LogP contribution in [-0.4, -0.2) is 45.2 Å². The highest BCUT2D eigenvalue weighted by Crippen LogP contribution is 2.36. The van der Waals surface area contributed by atoms with E-state index in [1.54, 1.807) is 5.38 Å². The van der Waals surface area contributed by atoms with E-state index < -0.39 is 17.5 Å². The average Bonchev–Trinajstić information content (AvgIpc) is 2.75. The molecule has 1 amide bonds. The molecule has 0 spiro atoms. The minimum Gasteiger partial charge on any atom is -0.481 e. The zero-order valence-electron chi connectivity index (χ0n) is 10.0. The average molecular weight is 305 g/mol. The van der Waals surface area contributed by atoms with Gasteiger partial charge < -0.3 is 15.1 Å². The summed E-state index contributed by atoms with van der Waals surface area (Å²) < 4.78 is 0.388. The lowest BCUT2D eigenvalue weighted by Crippen LogP contribution is -2.47. The molecule has 1 aromatic heterocycles. The Morgan fingerprint density at radius 3 is 2.47 bits per heavy atom. The third kappa shape index (κ3) is 2.98. The second-order valence-electron chi connectivity index (χ2n) is 4.62. The molecule has 6 nitrogen and oxygen atoms in total. The van der Waals surface area contributed by atoms with Gasteiger partial charge in [-0.05, 0) is 12.8 Å². The van der Waals surface area contributed by atoms with Crippen LogP contribution in [0.5, 0.6) is 0 Å². The number of amides is 1. The summed E-state index contributed by atoms with van der Waals surface area (Å²) in [6, 6.07) is 0. The maximum Gasteiger partial charge on any atom is 0.407 e. The van der Waals surface area contributed by atoms with Gasteiger partial charge in [0.05, 0.1) is 11.1 Å². The lowest BCUT2D eigenvalue weighted by Gasteiger charge is -2.37. The number of carboxylic acids is 1. The van der Waals surface area contributed by atoms with Gasteiger partial charge in [-0.2, -0.15) is 0 Å². The number of carboxylic acid groups (broad SMARTS) is 2. The summed E-state index contributed by atoms with van der Waals surface area (Å²) in [5.41, 5.74) is -0.287. The smallest absolute Gasteiger partial charge is 0.407 e. The number of halogens is 1. The molecule has 0 atom stereocenters. The molecular weight excluding hydrogens is 292 g/mol. The Labute approximate surface area is 118 Å². The molecule has 1 saturated heterocycles. The number of likely N-dealkylation sites (tertiary alicyclic amines) is 1. The molecule has 0 bridgehead atoms. The van der Waals surface area contributed by atoms with Gasteiger partial charge in [0.2, 0.25) is 0 Å². The Kier molecular flexibility index (Phi) is 3.96. The minimum atomic E-state index is -1.00. The van der Waals surface area contributed by atoms with E-state index in [4.69, 9.17) is 16.7 Å². The van der Waals surface area contributed by atoms with Crippen molar-refractivity contribution in [3.05, 3.63) is 15.5 Å².